The Morgan fingerprint density at radius 2 is 1.92 bits per heavy atom. The number of benzene rings is 2. The highest BCUT2D eigenvalue weighted by Gasteiger charge is 2.18. The van der Waals surface area contributed by atoms with E-state index in [1.54, 1.807) is 0 Å². The Labute approximate surface area is 213 Å². The van der Waals surface area contributed by atoms with Crippen LogP contribution in [0.3, 0.4) is 0 Å². The number of nitrogens with zero attached hydrogens (tertiary/aromatic N) is 1. The van der Waals surface area contributed by atoms with E-state index in [1.807, 2.05) is 55.6 Å². The third-order valence-electron chi connectivity index (χ3n) is 6.94. The summed E-state index contributed by atoms with van der Waals surface area (Å²) >= 11 is 0. The molecule has 1 aliphatic rings. The SMILES string of the molecule is CC(=NCc1c[nH]c2ccccc12)N[C@@H](Cc1ccc(OCCCCC2CCNCC2)cc1)C(=O)O. The van der Waals surface area contributed by atoms with Crippen molar-refractivity contribution in [2.45, 2.75) is 58.0 Å². The summed E-state index contributed by atoms with van der Waals surface area (Å²) in [6.07, 6.45) is 8.47. The van der Waals surface area contributed by atoms with E-state index < -0.39 is 12.0 Å². The predicted octanol–water partition coefficient (Wildman–Crippen LogP) is 4.92. The minimum atomic E-state index is -0.897. The number of aliphatic imine (C=N–C) groups is 1. The van der Waals surface area contributed by atoms with Crippen LogP contribution in [-0.4, -0.2) is 47.6 Å². The third kappa shape index (κ3) is 7.59. The van der Waals surface area contributed by atoms with E-state index in [4.69, 9.17) is 4.74 Å². The molecule has 3 aromatic rings. The van der Waals surface area contributed by atoms with Crippen molar-refractivity contribution >= 4 is 22.7 Å². The van der Waals surface area contributed by atoms with Crippen LogP contribution in [0.4, 0.5) is 0 Å². The summed E-state index contributed by atoms with van der Waals surface area (Å²) in [5, 5.41) is 17.4. The predicted molar refractivity (Wildman–Crippen MR) is 145 cm³/mol. The number of aromatic amines is 1. The Morgan fingerprint density at radius 1 is 1.14 bits per heavy atom. The van der Waals surface area contributed by atoms with Crippen molar-refractivity contribution in [1.82, 2.24) is 15.6 Å². The number of ether oxygens (including phenoxy) is 1. The molecule has 4 rings (SSSR count). The number of carbonyl (C=O) groups is 1. The first-order valence-corrected chi connectivity index (χ1v) is 13.1. The molecule has 0 bridgehead atoms. The second kappa shape index (κ2) is 13.1. The van der Waals surface area contributed by atoms with Gasteiger partial charge in [-0.05, 0) is 80.9 Å². The zero-order chi connectivity index (χ0) is 25.2. The second-order valence-electron chi connectivity index (χ2n) is 9.68. The highest BCUT2D eigenvalue weighted by molar-refractivity contribution is 5.86. The Kier molecular flexibility index (Phi) is 9.39. The summed E-state index contributed by atoms with van der Waals surface area (Å²) in [6, 6.07) is 15.1. The van der Waals surface area contributed by atoms with Crippen molar-refractivity contribution < 1.29 is 14.6 Å². The van der Waals surface area contributed by atoms with Crippen LogP contribution in [0.15, 0.2) is 59.7 Å². The Morgan fingerprint density at radius 3 is 2.69 bits per heavy atom. The highest BCUT2D eigenvalue weighted by Crippen LogP contribution is 2.20. The number of hydrogen-bond donors (Lipinski definition) is 4. The van der Waals surface area contributed by atoms with Gasteiger partial charge in [-0.25, -0.2) is 4.79 Å². The van der Waals surface area contributed by atoms with Crippen LogP contribution < -0.4 is 15.4 Å². The number of nitrogens with one attached hydrogen (secondary N) is 3. The number of carboxylic acid groups (broad SMARTS) is 1. The monoisotopic (exact) mass is 490 g/mol. The quantitative estimate of drug-likeness (QED) is 0.164. The number of unbranched alkanes of at least 4 members (excludes halogenated alkanes) is 1. The molecule has 2 heterocycles. The molecule has 0 saturated carbocycles. The molecule has 1 atom stereocenters. The molecule has 36 heavy (non-hydrogen) atoms. The smallest absolute Gasteiger partial charge is 0.326 e. The van der Waals surface area contributed by atoms with E-state index in [1.165, 1.54) is 25.7 Å². The van der Waals surface area contributed by atoms with Crippen LogP contribution in [0, 0.1) is 5.92 Å². The number of piperidine rings is 1. The summed E-state index contributed by atoms with van der Waals surface area (Å²) < 4.78 is 5.90. The lowest BCUT2D eigenvalue weighted by Crippen LogP contribution is -2.41. The van der Waals surface area contributed by atoms with Gasteiger partial charge in [0, 0.05) is 23.5 Å². The van der Waals surface area contributed by atoms with Gasteiger partial charge in [-0.2, -0.15) is 0 Å². The molecule has 0 amide bonds. The van der Waals surface area contributed by atoms with Crippen LogP contribution in [0.25, 0.3) is 10.9 Å². The fourth-order valence-corrected chi connectivity index (χ4v) is 4.82. The molecule has 1 fully saturated rings. The minimum Gasteiger partial charge on any atom is -0.494 e. The number of H-pyrrole nitrogens is 1. The van der Waals surface area contributed by atoms with Crippen molar-refractivity contribution in [3.05, 3.63) is 65.9 Å². The van der Waals surface area contributed by atoms with E-state index in [0.717, 1.165) is 59.8 Å². The van der Waals surface area contributed by atoms with Crippen LogP contribution in [0.1, 0.15) is 50.2 Å². The number of para-hydroxylation sites is 1. The Hall–Kier alpha value is -3.32. The highest BCUT2D eigenvalue weighted by atomic mass is 16.5. The fraction of sp³-hybridized carbons (Fsp3) is 0.448. The third-order valence-corrected chi connectivity index (χ3v) is 6.94. The minimum absolute atomic E-state index is 0.367. The summed E-state index contributed by atoms with van der Waals surface area (Å²) in [7, 11) is 0. The zero-order valence-corrected chi connectivity index (χ0v) is 21.1. The number of aromatic nitrogens is 1. The van der Waals surface area contributed by atoms with Gasteiger partial charge in [0.15, 0.2) is 0 Å². The molecule has 2 aromatic carbocycles. The lowest BCUT2D eigenvalue weighted by molar-refractivity contribution is -0.139. The van der Waals surface area contributed by atoms with Gasteiger partial charge in [-0.1, -0.05) is 36.8 Å². The molecule has 4 N–H and O–H groups in total. The van der Waals surface area contributed by atoms with Gasteiger partial charge in [0.2, 0.25) is 0 Å². The van der Waals surface area contributed by atoms with Crippen molar-refractivity contribution in [1.29, 1.82) is 0 Å². The van der Waals surface area contributed by atoms with Gasteiger partial charge in [-0.15, -0.1) is 0 Å². The van der Waals surface area contributed by atoms with Crippen molar-refractivity contribution in [2.24, 2.45) is 10.9 Å². The van der Waals surface area contributed by atoms with E-state index in [2.05, 4.69) is 26.7 Å². The number of aliphatic carboxylic acids is 1. The van der Waals surface area contributed by atoms with Crippen molar-refractivity contribution in [2.75, 3.05) is 19.7 Å². The lowest BCUT2D eigenvalue weighted by Gasteiger charge is -2.22. The van der Waals surface area contributed by atoms with Crippen molar-refractivity contribution in [3.63, 3.8) is 0 Å². The number of fused-ring (bicyclic) bond motifs is 1. The molecule has 1 aromatic heterocycles. The number of carboxylic acids is 1. The van der Waals surface area contributed by atoms with Gasteiger partial charge < -0.3 is 25.5 Å². The summed E-state index contributed by atoms with van der Waals surface area (Å²) in [4.78, 5) is 19.7. The van der Waals surface area contributed by atoms with Crippen LogP contribution in [-0.2, 0) is 17.8 Å². The van der Waals surface area contributed by atoms with Crippen LogP contribution in [0.2, 0.25) is 0 Å². The molecule has 0 spiro atoms. The molecule has 7 heteroatoms. The average Bonchev–Trinajstić information content (AvgIpc) is 3.31. The normalized spacial score (nSPS) is 15.6. The van der Waals surface area contributed by atoms with Crippen molar-refractivity contribution in [3.8, 4) is 5.75 Å². The molecule has 1 saturated heterocycles. The molecule has 0 unspecified atom stereocenters. The first-order valence-electron chi connectivity index (χ1n) is 13.1. The van der Waals surface area contributed by atoms with E-state index in [0.29, 0.717) is 18.8 Å². The molecular weight excluding hydrogens is 452 g/mol. The first-order chi connectivity index (χ1) is 17.6. The first kappa shape index (κ1) is 25.8. The lowest BCUT2D eigenvalue weighted by atomic mass is 9.93. The fourth-order valence-electron chi connectivity index (χ4n) is 4.82. The van der Waals surface area contributed by atoms with E-state index in [9.17, 15) is 9.90 Å². The summed E-state index contributed by atoms with van der Waals surface area (Å²) in [5.41, 5.74) is 3.10. The largest absolute Gasteiger partial charge is 0.494 e. The summed E-state index contributed by atoms with van der Waals surface area (Å²) in [6.45, 7) is 5.33. The Bertz CT molecular complexity index is 1130. The second-order valence-corrected chi connectivity index (χ2v) is 9.68. The molecule has 1 aliphatic heterocycles. The summed E-state index contributed by atoms with van der Waals surface area (Å²) in [5.74, 6) is 1.41. The van der Waals surface area contributed by atoms with Gasteiger partial charge in [0.05, 0.1) is 19.0 Å². The number of amidine groups is 1. The maximum Gasteiger partial charge on any atom is 0.326 e. The van der Waals surface area contributed by atoms with Crippen LogP contribution >= 0.6 is 0 Å². The zero-order valence-electron chi connectivity index (χ0n) is 21.1. The van der Waals surface area contributed by atoms with Crippen LogP contribution in [0.5, 0.6) is 5.75 Å². The molecule has 192 valence electrons. The maximum atomic E-state index is 11.9. The van der Waals surface area contributed by atoms with Gasteiger partial charge >= 0.3 is 5.97 Å². The van der Waals surface area contributed by atoms with E-state index in [-0.39, 0.29) is 0 Å². The van der Waals surface area contributed by atoms with Gasteiger partial charge in [0.1, 0.15) is 11.8 Å². The van der Waals surface area contributed by atoms with E-state index >= 15 is 0 Å². The molecule has 7 nitrogen and oxygen atoms in total. The Balaban J connectivity index is 1.22. The topological polar surface area (TPSA) is 98.7 Å². The molecular formula is C29H38N4O3. The number of rotatable bonds is 12. The maximum absolute atomic E-state index is 11.9. The average molecular weight is 491 g/mol. The van der Waals surface area contributed by atoms with Gasteiger partial charge in [0.25, 0.3) is 0 Å². The standard InChI is InChI=1S/C29H38N4O3/c1-21(31-19-24-20-32-27-8-3-2-7-26(24)27)33-28(29(34)35)18-23-9-11-25(12-10-23)36-17-5-4-6-22-13-15-30-16-14-22/h2-3,7-12,20,22,28,30,32H,4-6,13-19H2,1H3,(H,31,33)(H,34,35)/t28-/m0/s1. The molecule has 0 aliphatic carbocycles. The molecule has 0 radical (unpaired) electrons. The van der Waals surface area contributed by atoms with Gasteiger partial charge in [-0.3, -0.25) is 4.99 Å². The number of hydrogen-bond acceptors (Lipinski definition) is 4.